The third-order valence-corrected chi connectivity index (χ3v) is 4.03. The minimum Gasteiger partial charge on any atom is -0.331 e. The zero-order chi connectivity index (χ0) is 12.0. The van der Waals surface area contributed by atoms with E-state index in [1.54, 1.807) is 0 Å². The van der Waals surface area contributed by atoms with Crippen molar-refractivity contribution >= 4 is 22.6 Å². The number of halogens is 1. The molecule has 0 aliphatic heterocycles. The second-order valence-electron chi connectivity index (χ2n) is 5.11. The Bertz CT molecular complexity index is 569. The maximum atomic E-state index is 6.28. The molecular formula is C13H16ClN3. The lowest BCUT2D eigenvalue weighted by molar-refractivity contribution is 0.242. The number of aromatic nitrogens is 2. The van der Waals surface area contributed by atoms with Gasteiger partial charge < -0.3 is 10.3 Å². The second kappa shape index (κ2) is 3.72. The molecule has 1 aromatic heterocycles. The fourth-order valence-corrected chi connectivity index (χ4v) is 2.67. The van der Waals surface area contributed by atoms with Gasteiger partial charge in [0.2, 0.25) is 0 Å². The zero-order valence-corrected chi connectivity index (χ0v) is 10.7. The second-order valence-corrected chi connectivity index (χ2v) is 5.55. The average Bonchev–Trinajstić information content (AvgIpc) is 2.53. The molecule has 0 radical (unpaired) electrons. The molecule has 0 amide bonds. The van der Waals surface area contributed by atoms with Crippen LogP contribution in [0.2, 0.25) is 5.02 Å². The molecule has 1 fully saturated rings. The third-order valence-electron chi connectivity index (χ3n) is 3.80. The van der Waals surface area contributed by atoms with Crippen LogP contribution in [0.4, 0.5) is 0 Å². The molecule has 2 aromatic rings. The third kappa shape index (κ3) is 1.83. The lowest BCUT2D eigenvalue weighted by Gasteiger charge is -2.37. The van der Waals surface area contributed by atoms with E-state index in [1.165, 1.54) is 6.42 Å². The van der Waals surface area contributed by atoms with Crippen molar-refractivity contribution in [2.75, 3.05) is 0 Å². The number of imidazole rings is 1. The van der Waals surface area contributed by atoms with Crippen molar-refractivity contribution in [2.45, 2.75) is 31.2 Å². The molecule has 2 N–H and O–H groups in total. The lowest BCUT2D eigenvalue weighted by atomic mass is 9.75. The van der Waals surface area contributed by atoms with Gasteiger partial charge in [0.15, 0.2) is 0 Å². The summed E-state index contributed by atoms with van der Waals surface area (Å²) in [6.07, 6.45) is 4.32. The largest absolute Gasteiger partial charge is 0.331 e. The lowest BCUT2D eigenvalue weighted by Crippen LogP contribution is -2.48. The number of hydrogen-bond donors (Lipinski definition) is 1. The summed E-state index contributed by atoms with van der Waals surface area (Å²) < 4.78 is 2.12. The molecule has 1 aromatic carbocycles. The molecule has 1 aliphatic carbocycles. The number of nitrogens with zero attached hydrogens (tertiary/aromatic N) is 2. The summed E-state index contributed by atoms with van der Waals surface area (Å²) in [5.41, 5.74) is 8.32. The molecule has 4 heteroatoms. The molecule has 3 rings (SSSR count). The molecule has 0 saturated heterocycles. The molecule has 3 nitrogen and oxygen atoms in total. The van der Waals surface area contributed by atoms with Crippen molar-refractivity contribution in [2.24, 2.45) is 12.8 Å². The van der Waals surface area contributed by atoms with Crippen LogP contribution in [-0.2, 0) is 13.5 Å². The predicted molar refractivity (Wildman–Crippen MR) is 70.2 cm³/mol. The Kier molecular flexibility index (Phi) is 2.42. The van der Waals surface area contributed by atoms with Gasteiger partial charge in [-0.25, -0.2) is 4.98 Å². The first kappa shape index (κ1) is 11.1. The maximum Gasteiger partial charge on any atom is 0.111 e. The Hall–Kier alpha value is -1.06. The molecule has 1 heterocycles. The highest BCUT2D eigenvalue weighted by Gasteiger charge is 2.34. The van der Waals surface area contributed by atoms with E-state index in [-0.39, 0.29) is 5.54 Å². The van der Waals surface area contributed by atoms with Crippen molar-refractivity contribution < 1.29 is 0 Å². The van der Waals surface area contributed by atoms with Crippen LogP contribution in [0.1, 0.15) is 25.1 Å². The van der Waals surface area contributed by atoms with E-state index in [9.17, 15) is 0 Å². The van der Waals surface area contributed by atoms with E-state index < -0.39 is 0 Å². The van der Waals surface area contributed by atoms with E-state index in [2.05, 4.69) is 9.55 Å². The minimum atomic E-state index is -0.0288. The van der Waals surface area contributed by atoms with Crippen molar-refractivity contribution in [1.82, 2.24) is 9.55 Å². The highest BCUT2D eigenvalue weighted by molar-refractivity contribution is 6.31. The first-order chi connectivity index (χ1) is 8.07. The predicted octanol–water partition coefficient (Wildman–Crippen LogP) is 2.65. The molecule has 90 valence electrons. The first-order valence-corrected chi connectivity index (χ1v) is 6.35. The van der Waals surface area contributed by atoms with Crippen LogP contribution in [0, 0.1) is 0 Å². The highest BCUT2D eigenvalue weighted by Crippen LogP contribution is 2.32. The molecule has 0 unspecified atom stereocenters. The van der Waals surface area contributed by atoms with Crippen LogP contribution in [0.5, 0.6) is 0 Å². The quantitative estimate of drug-likeness (QED) is 0.889. The summed E-state index contributed by atoms with van der Waals surface area (Å²) in [6, 6.07) is 5.82. The fourth-order valence-electron chi connectivity index (χ4n) is 2.50. The summed E-state index contributed by atoms with van der Waals surface area (Å²) in [4.78, 5) is 4.64. The van der Waals surface area contributed by atoms with Crippen molar-refractivity contribution in [3.8, 4) is 0 Å². The highest BCUT2D eigenvalue weighted by atomic mass is 35.5. The Morgan fingerprint density at radius 2 is 2.24 bits per heavy atom. The number of fused-ring (bicyclic) bond motifs is 1. The van der Waals surface area contributed by atoms with Crippen LogP contribution in [0.3, 0.4) is 0 Å². The van der Waals surface area contributed by atoms with Crippen molar-refractivity contribution in [3.05, 3.63) is 29.0 Å². The topological polar surface area (TPSA) is 43.8 Å². The Morgan fingerprint density at radius 1 is 1.47 bits per heavy atom. The molecule has 0 bridgehead atoms. The van der Waals surface area contributed by atoms with Gasteiger partial charge in [-0.3, -0.25) is 0 Å². The van der Waals surface area contributed by atoms with E-state index in [1.807, 2.05) is 25.2 Å². The molecule has 1 aliphatic rings. The zero-order valence-electron chi connectivity index (χ0n) is 9.91. The maximum absolute atomic E-state index is 6.28. The number of aryl methyl sites for hydroxylation is 1. The smallest absolute Gasteiger partial charge is 0.111 e. The van der Waals surface area contributed by atoms with Crippen LogP contribution in [-0.4, -0.2) is 15.1 Å². The monoisotopic (exact) mass is 249 g/mol. The van der Waals surface area contributed by atoms with Gasteiger partial charge in [0.05, 0.1) is 11.0 Å². The Morgan fingerprint density at radius 3 is 2.88 bits per heavy atom. The van der Waals surface area contributed by atoms with Gasteiger partial charge in [-0.1, -0.05) is 11.6 Å². The Labute approximate surface area is 106 Å². The number of hydrogen-bond acceptors (Lipinski definition) is 2. The first-order valence-electron chi connectivity index (χ1n) is 5.97. The fraction of sp³-hybridized carbons (Fsp3) is 0.462. The van der Waals surface area contributed by atoms with Gasteiger partial charge in [0.1, 0.15) is 5.82 Å². The molecular weight excluding hydrogens is 234 g/mol. The van der Waals surface area contributed by atoms with E-state index in [4.69, 9.17) is 17.3 Å². The van der Waals surface area contributed by atoms with Gasteiger partial charge in [-0.2, -0.15) is 0 Å². The van der Waals surface area contributed by atoms with Gasteiger partial charge >= 0.3 is 0 Å². The van der Waals surface area contributed by atoms with Gasteiger partial charge in [-0.05, 0) is 37.5 Å². The SMILES string of the molecule is Cn1c(CC2(N)CCC2)nc2cc(Cl)ccc21. The summed E-state index contributed by atoms with van der Waals surface area (Å²) in [5.74, 6) is 1.06. The summed E-state index contributed by atoms with van der Waals surface area (Å²) in [5, 5.41) is 0.730. The standard InChI is InChI=1S/C13H16ClN3/c1-17-11-4-3-9(14)7-10(11)16-12(17)8-13(15)5-2-6-13/h3-4,7H,2,5-6,8,15H2,1H3. The number of rotatable bonds is 2. The number of benzene rings is 1. The average molecular weight is 250 g/mol. The molecule has 0 spiro atoms. The summed E-state index contributed by atoms with van der Waals surface area (Å²) in [7, 11) is 2.04. The van der Waals surface area contributed by atoms with Crippen molar-refractivity contribution in [3.63, 3.8) is 0 Å². The Balaban J connectivity index is 2.02. The van der Waals surface area contributed by atoms with E-state index >= 15 is 0 Å². The van der Waals surface area contributed by atoms with Gasteiger partial charge in [0, 0.05) is 24.0 Å². The van der Waals surface area contributed by atoms with Crippen LogP contribution >= 0.6 is 11.6 Å². The van der Waals surface area contributed by atoms with Gasteiger partial charge in [-0.15, -0.1) is 0 Å². The van der Waals surface area contributed by atoms with Gasteiger partial charge in [0.25, 0.3) is 0 Å². The summed E-state index contributed by atoms with van der Waals surface area (Å²) in [6.45, 7) is 0. The van der Waals surface area contributed by atoms with Crippen LogP contribution < -0.4 is 5.73 Å². The van der Waals surface area contributed by atoms with Crippen LogP contribution in [0.25, 0.3) is 11.0 Å². The minimum absolute atomic E-state index is 0.0288. The van der Waals surface area contributed by atoms with E-state index in [0.29, 0.717) is 0 Å². The normalized spacial score (nSPS) is 18.3. The van der Waals surface area contributed by atoms with E-state index in [0.717, 1.165) is 41.1 Å². The molecule has 1 saturated carbocycles. The molecule has 17 heavy (non-hydrogen) atoms. The van der Waals surface area contributed by atoms with Crippen molar-refractivity contribution in [1.29, 1.82) is 0 Å². The molecule has 0 atom stereocenters. The summed E-state index contributed by atoms with van der Waals surface area (Å²) >= 11 is 5.98. The van der Waals surface area contributed by atoms with Crippen LogP contribution in [0.15, 0.2) is 18.2 Å². The number of nitrogens with two attached hydrogens (primary N) is 1.